The van der Waals surface area contributed by atoms with Gasteiger partial charge < -0.3 is 10.5 Å². The first-order valence-electron chi connectivity index (χ1n) is 4.58. The Kier molecular flexibility index (Phi) is 2.29. The molecule has 0 aliphatic heterocycles. The number of hydrogen-bond donors (Lipinski definition) is 2. The van der Waals surface area contributed by atoms with Gasteiger partial charge in [-0.25, -0.2) is 4.98 Å². The predicted molar refractivity (Wildman–Crippen MR) is 56.8 cm³/mol. The summed E-state index contributed by atoms with van der Waals surface area (Å²) in [6, 6.07) is 3.61. The van der Waals surface area contributed by atoms with Gasteiger partial charge in [0.1, 0.15) is 0 Å². The Labute approximate surface area is 87.3 Å². The third-order valence-corrected chi connectivity index (χ3v) is 2.06. The molecule has 0 aliphatic rings. The molecule has 2 heterocycles. The van der Waals surface area contributed by atoms with Crippen LogP contribution in [-0.4, -0.2) is 15.2 Å². The van der Waals surface area contributed by atoms with Crippen LogP contribution in [0.1, 0.15) is 11.3 Å². The summed E-state index contributed by atoms with van der Waals surface area (Å²) in [6.45, 7) is 3.80. The molecule has 15 heavy (non-hydrogen) atoms. The summed E-state index contributed by atoms with van der Waals surface area (Å²) in [5.74, 6) is 0.860. The first-order chi connectivity index (χ1) is 7.16. The van der Waals surface area contributed by atoms with Crippen LogP contribution < -0.4 is 10.5 Å². The number of aromatic amines is 1. The first-order valence-corrected chi connectivity index (χ1v) is 4.58. The first kappa shape index (κ1) is 9.51. The largest absolute Gasteiger partial charge is 0.417 e. The van der Waals surface area contributed by atoms with E-state index in [0.717, 1.165) is 11.3 Å². The molecule has 0 bridgehead atoms. The van der Waals surface area contributed by atoms with Gasteiger partial charge in [-0.05, 0) is 25.5 Å². The number of nitrogens with two attached hydrogens (primary N) is 1. The topological polar surface area (TPSA) is 76.8 Å². The van der Waals surface area contributed by atoms with Gasteiger partial charge in [-0.15, -0.1) is 5.10 Å². The highest BCUT2D eigenvalue weighted by Crippen LogP contribution is 2.25. The molecule has 0 aliphatic carbocycles. The fourth-order valence-corrected chi connectivity index (χ4v) is 1.17. The average molecular weight is 204 g/mol. The van der Waals surface area contributed by atoms with Crippen LogP contribution in [0.15, 0.2) is 18.3 Å². The van der Waals surface area contributed by atoms with Crippen LogP contribution in [0.2, 0.25) is 0 Å². The fourth-order valence-electron chi connectivity index (χ4n) is 1.17. The van der Waals surface area contributed by atoms with Crippen LogP contribution in [0.25, 0.3) is 0 Å². The molecule has 5 heteroatoms. The Balaban J connectivity index is 2.28. The normalized spacial score (nSPS) is 10.3. The number of nitrogen functional groups attached to an aromatic ring is 1. The summed E-state index contributed by atoms with van der Waals surface area (Å²) < 4.78 is 5.43. The SMILES string of the molecule is Cc1cc(Oc2nccc(C)c2N)n[nH]1. The lowest BCUT2D eigenvalue weighted by Crippen LogP contribution is -1.97. The molecule has 0 aromatic carbocycles. The lowest BCUT2D eigenvalue weighted by atomic mass is 10.2. The second-order valence-electron chi connectivity index (χ2n) is 3.34. The summed E-state index contributed by atoms with van der Waals surface area (Å²) in [6.07, 6.45) is 1.65. The number of nitrogens with zero attached hydrogens (tertiary/aromatic N) is 2. The zero-order chi connectivity index (χ0) is 10.8. The number of nitrogens with one attached hydrogen (secondary N) is 1. The van der Waals surface area contributed by atoms with E-state index in [2.05, 4.69) is 15.2 Å². The van der Waals surface area contributed by atoms with Gasteiger partial charge >= 0.3 is 0 Å². The van der Waals surface area contributed by atoms with Gasteiger partial charge in [0, 0.05) is 18.0 Å². The highest BCUT2D eigenvalue weighted by atomic mass is 16.5. The van der Waals surface area contributed by atoms with E-state index in [1.807, 2.05) is 19.9 Å². The van der Waals surface area contributed by atoms with Crippen LogP contribution in [0, 0.1) is 13.8 Å². The molecule has 0 amide bonds. The minimum Gasteiger partial charge on any atom is -0.417 e. The third kappa shape index (κ3) is 1.90. The number of aromatic nitrogens is 3. The van der Waals surface area contributed by atoms with Crippen molar-refractivity contribution in [1.29, 1.82) is 0 Å². The van der Waals surface area contributed by atoms with E-state index in [-0.39, 0.29) is 0 Å². The zero-order valence-corrected chi connectivity index (χ0v) is 8.61. The molecule has 3 N–H and O–H groups in total. The van der Waals surface area contributed by atoms with Gasteiger partial charge in [0.15, 0.2) is 0 Å². The van der Waals surface area contributed by atoms with Gasteiger partial charge in [0.2, 0.25) is 11.8 Å². The van der Waals surface area contributed by atoms with Gasteiger partial charge in [-0.2, -0.15) is 0 Å². The van der Waals surface area contributed by atoms with Gasteiger partial charge in [0.25, 0.3) is 0 Å². The molecule has 5 nitrogen and oxygen atoms in total. The molecule has 0 radical (unpaired) electrons. The Bertz CT molecular complexity index is 478. The van der Waals surface area contributed by atoms with Crippen molar-refractivity contribution in [2.45, 2.75) is 13.8 Å². The maximum Gasteiger partial charge on any atom is 0.244 e. The van der Waals surface area contributed by atoms with Crippen molar-refractivity contribution >= 4 is 5.69 Å². The molecule has 2 rings (SSSR count). The van der Waals surface area contributed by atoms with E-state index < -0.39 is 0 Å². The standard InChI is InChI=1S/C10H12N4O/c1-6-3-4-12-10(9(6)11)15-8-5-7(2)13-14-8/h3-5H,11H2,1-2H3,(H,13,14). The minimum absolute atomic E-state index is 0.390. The number of H-pyrrole nitrogens is 1. The highest BCUT2D eigenvalue weighted by Gasteiger charge is 2.07. The van der Waals surface area contributed by atoms with Gasteiger partial charge in [-0.3, -0.25) is 5.10 Å². The van der Waals surface area contributed by atoms with Crippen LogP contribution in [-0.2, 0) is 0 Å². The number of anilines is 1. The van der Waals surface area contributed by atoms with E-state index in [1.54, 1.807) is 12.3 Å². The molecule has 0 fully saturated rings. The van der Waals surface area contributed by atoms with Crippen molar-refractivity contribution < 1.29 is 4.74 Å². The molecule has 2 aromatic rings. The van der Waals surface area contributed by atoms with Crippen LogP contribution >= 0.6 is 0 Å². The summed E-state index contributed by atoms with van der Waals surface area (Å²) in [7, 11) is 0. The third-order valence-electron chi connectivity index (χ3n) is 2.06. The Morgan fingerprint density at radius 1 is 1.40 bits per heavy atom. The predicted octanol–water partition coefficient (Wildman–Crippen LogP) is 1.80. The van der Waals surface area contributed by atoms with Crippen LogP contribution in [0.3, 0.4) is 0 Å². The maximum absolute atomic E-state index is 5.81. The van der Waals surface area contributed by atoms with Crippen molar-refractivity contribution in [3.05, 3.63) is 29.6 Å². The monoisotopic (exact) mass is 204 g/mol. The van der Waals surface area contributed by atoms with Gasteiger partial charge in [-0.1, -0.05) is 0 Å². The summed E-state index contributed by atoms with van der Waals surface area (Å²) in [5.41, 5.74) is 8.22. The number of aryl methyl sites for hydroxylation is 2. The van der Waals surface area contributed by atoms with E-state index in [0.29, 0.717) is 17.4 Å². The van der Waals surface area contributed by atoms with Crippen LogP contribution in [0.5, 0.6) is 11.8 Å². The van der Waals surface area contributed by atoms with Crippen molar-refractivity contribution in [2.24, 2.45) is 0 Å². The molecule has 78 valence electrons. The second kappa shape index (κ2) is 3.61. The van der Waals surface area contributed by atoms with Crippen molar-refractivity contribution in [3.63, 3.8) is 0 Å². The number of hydrogen-bond acceptors (Lipinski definition) is 4. The zero-order valence-electron chi connectivity index (χ0n) is 8.61. The summed E-state index contributed by atoms with van der Waals surface area (Å²) in [5, 5.41) is 6.72. The molecule has 0 unspecified atom stereocenters. The fraction of sp³-hybridized carbons (Fsp3) is 0.200. The Hall–Kier alpha value is -2.04. The number of pyridine rings is 1. The van der Waals surface area contributed by atoms with Crippen molar-refractivity contribution in [2.75, 3.05) is 5.73 Å². The Morgan fingerprint density at radius 2 is 2.20 bits per heavy atom. The molecular weight excluding hydrogens is 192 g/mol. The minimum atomic E-state index is 0.390. The molecule has 0 saturated carbocycles. The smallest absolute Gasteiger partial charge is 0.244 e. The average Bonchev–Trinajstić information content (AvgIpc) is 2.59. The van der Waals surface area contributed by atoms with Crippen LogP contribution in [0.4, 0.5) is 5.69 Å². The summed E-state index contributed by atoms with van der Waals surface area (Å²) >= 11 is 0. The Morgan fingerprint density at radius 3 is 2.87 bits per heavy atom. The van der Waals surface area contributed by atoms with Gasteiger partial charge in [0.05, 0.1) is 5.69 Å². The van der Waals surface area contributed by atoms with Crippen molar-refractivity contribution in [3.8, 4) is 11.8 Å². The van der Waals surface area contributed by atoms with E-state index in [9.17, 15) is 0 Å². The van der Waals surface area contributed by atoms with E-state index >= 15 is 0 Å². The lowest BCUT2D eigenvalue weighted by Gasteiger charge is -2.05. The summed E-state index contributed by atoms with van der Waals surface area (Å²) in [4.78, 5) is 4.04. The second-order valence-corrected chi connectivity index (χ2v) is 3.34. The molecular formula is C10H12N4O. The van der Waals surface area contributed by atoms with E-state index in [4.69, 9.17) is 10.5 Å². The quantitative estimate of drug-likeness (QED) is 0.781. The van der Waals surface area contributed by atoms with Crippen molar-refractivity contribution in [1.82, 2.24) is 15.2 Å². The molecule has 0 atom stereocenters. The molecule has 0 saturated heterocycles. The number of ether oxygens (including phenoxy) is 1. The maximum atomic E-state index is 5.81. The van der Waals surface area contributed by atoms with E-state index in [1.165, 1.54) is 0 Å². The highest BCUT2D eigenvalue weighted by molar-refractivity contribution is 5.54. The molecule has 0 spiro atoms. The lowest BCUT2D eigenvalue weighted by molar-refractivity contribution is 0.445. The molecule has 2 aromatic heterocycles. The number of rotatable bonds is 2.